The van der Waals surface area contributed by atoms with Gasteiger partial charge in [-0.25, -0.2) is 14.4 Å². The van der Waals surface area contributed by atoms with Crippen molar-refractivity contribution in [2.75, 3.05) is 39.4 Å². The molecule has 2 saturated heterocycles. The zero-order valence-electron chi connectivity index (χ0n) is 20.6. The van der Waals surface area contributed by atoms with Crippen LogP contribution in [0.5, 0.6) is 0 Å². The van der Waals surface area contributed by atoms with Gasteiger partial charge in [-0.2, -0.15) is 0 Å². The van der Waals surface area contributed by atoms with Gasteiger partial charge in [0.2, 0.25) is 0 Å². The fourth-order valence-corrected chi connectivity index (χ4v) is 4.57. The lowest BCUT2D eigenvalue weighted by Gasteiger charge is -2.54. The molecule has 2 aliphatic heterocycles. The van der Waals surface area contributed by atoms with E-state index >= 15 is 0 Å². The zero-order chi connectivity index (χ0) is 25.7. The van der Waals surface area contributed by atoms with E-state index in [-0.39, 0.29) is 23.0 Å². The van der Waals surface area contributed by atoms with Crippen LogP contribution in [-0.2, 0) is 23.8 Å². The fourth-order valence-electron chi connectivity index (χ4n) is 4.46. The van der Waals surface area contributed by atoms with Gasteiger partial charge in [0.15, 0.2) is 0 Å². The molecule has 0 aromatic carbocycles. The summed E-state index contributed by atoms with van der Waals surface area (Å²) in [6.07, 6.45) is 2.10. The van der Waals surface area contributed by atoms with Crippen molar-refractivity contribution in [1.82, 2.24) is 9.80 Å². The molecule has 2 amide bonds. The van der Waals surface area contributed by atoms with E-state index in [1.807, 2.05) is 20.8 Å². The van der Waals surface area contributed by atoms with Crippen molar-refractivity contribution in [2.45, 2.75) is 65.9 Å². The number of Topliss-reactive ketones (excluding diaryl/α,β-unsaturated/α-hetero) is 2. The van der Waals surface area contributed by atoms with Gasteiger partial charge in [0.05, 0.1) is 13.2 Å². The second-order valence-corrected chi connectivity index (χ2v) is 10.7. The fraction of sp³-hybridized carbons (Fsp3) is 0.783. The van der Waals surface area contributed by atoms with Crippen LogP contribution in [0.4, 0.5) is 14.4 Å². The zero-order valence-corrected chi connectivity index (χ0v) is 21.4. The number of ether oxygens (including phenoxy) is 3. The maximum absolute atomic E-state index is 11.6. The van der Waals surface area contributed by atoms with Crippen molar-refractivity contribution in [2.24, 2.45) is 10.8 Å². The third-order valence-corrected chi connectivity index (χ3v) is 5.94. The van der Waals surface area contributed by atoms with Crippen LogP contribution in [0, 0.1) is 10.8 Å². The highest BCUT2D eigenvalue weighted by Gasteiger charge is 2.54. The molecule has 4 fully saturated rings. The van der Waals surface area contributed by atoms with Crippen molar-refractivity contribution in [3.63, 3.8) is 0 Å². The minimum Gasteiger partial charge on any atom is -0.454 e. The Labute approximate surface area is 205 Å². The molecule has 0 unspecified atom stereocenters. The standard InChI is InChI=1S/C11H17NO3.C9H13NO3.C3H5ClO2/c1-10(2,3)15-9(14)12-6-11(7-12)4-8(13)5-11;1-2-13-8(12)10-5-9(6-10)3-7(11)4-9;1-2-6-3(4)5/h4-7H2,1-3H3;2-6H2,1H3;2H2,1H3. The first-order valence-electron chi connectivity index (χ1n) is 11.5. The average Bonchev–Trinajstić information content (AvgIpc) is 2.58. The van der Waals surface area contributed by atoms with E-state index in [0.29, 0.717) is 76.6 Å². The normalized spacial score (nSPS) is 20.8. The number of halogens is 1. The van der Waals surface area contributed by atoms with E-state index in [1.165, 1.54) is 0 Å². The van der Waals surface area contributed by atoms with E-state index in [2.05, 4.69) is 4.74 Å². The van der Waals surface area contributed by atoms with Crippen molar-refractivity contribution >= 4 is 40.8 Å². The Morgan fingerprint density at radius 3 is 1.44 bits per heavy atom. The number of carbonyl (C=O) groups excluding carboxylic acids is 5. The molecule has 2 saturated carbocycles. The van der Waals surface area contributed by atoms with Crippen LogP contribution < -0.4 is 0 Å². The number of ketones is 2. The summed E-state index contributed by atoms with van der Waals surface area (Å²) in [6, 6.07) is 0. The van der Waals surface area contributed by atoms with Gasteiger partial charge in [-0.3, -0.25) is 9.59 Å². The summed E-state index contributed by atoms with van der Waals surface area (Å²) in [5, 5.41) is 0. The van der Waals surface area contributed by atoms with Gasteiger partial charge in [0.1, 0.15) is 17.2 Å². The average molecular weight is 503 g/mol. The van der Waals surface area contributed by atoms with Gasteiger partial charge < -0.3 is 24.0 Å². The number of hydrogen-bond acceptors (Lipinski definition) is 8. The molecule has 0 aromatic heterocycles. The Morgan fingerprint density at radius 1 is 0.794 bits per heavy atom. The van der Waals surface area contributed by atoms with Gasteiger partial charge in [-0.15, -0.1) is 0 Å². The van der Waals surface area contributed by atoms with Gasteiger partial charge in [0, 0.05) is 74.3 Å². The second-order valence-electron chi connectivity index (χ2n) is 10.3. The molecule has 2 spiro atoms. The monoisotopic (exact) mass is 502 g/mol. The molecule has 0 atom stereocenters. The maximum atomic E-state index is 11.6. The van der Waals surface area contributed by atoms with Crippen molar-refractivity contribution < 1.29 is 38.2 Å². The summed E-state index contributed by atoms with van der Waals surface area (Å²) in [4.78, 5) is 57.3. The van der Waals surface area contributed by atoms with E-state index < -0.39 is 11.0 Å². The van der Waals surface area contributed by atoms with E-state index in [9.17, 15) is 24.0 Å². The molecule has 0 radical (unpaired) electrons. The number of hydrogen-bond donors (Lipinski definition) is 0. The first kappa shape index (κ1) is 27.9. The molecule has 0 N–H and O–H groups in total. The van der Waals surface area contributed by atoms with Crippen LogP contribution in [-0.4, -0.2) is 84.0 Å². The highest BCUT2D eigenvalue weighted by atomic mass is 35.5. The largest absolute Gasteiger partial charge is 0.454 e. The molecule has 4 rings (SSSR count). The Balaban J connectivity index is 0.000000197. The molecule has 2 heterocycles. The summed E-state index contributed by atoms with van der Waals surface area (Å²) < 4.78 is 14.2. The summed E-state index contributed by atoms with van der Waals surface area (Å²) in [5.74, 6) is 0.641. The van der Waals surface area contributed by atoms with Crippen LogP contribution in [0.3, 0.4) is 0 Å². The Morgan fingerprint density at radius 2 is 1.18 bits per heavy atom. The Kier molecular flexibility index (Phi) is 8.96. The highest BCUT2D eigenvalue weighted by Crippen LogP contribution is 2.46. The molecule has 0 bridgehead atoms. The van der Waals surface area contributed by atoms with E-state index in [0.717, 1.165) is 0 Å². The summed E-state index contributed by atoms with van der Waals surface area (Å²) in [5.41, 5.74) is -0.912. The third kappa shape index (κ3) is 7.58. The number of nitrogens with zero attached hydrogens (tertiary/aromatic N) is 2. The molecular formula is C23H35ClN2O8. The van der Waals surface area contributed by atoms with Crippen LogP contribution in [0.15, 0.2) is 0 Å². The van der Waals surface area contributed by atoms with Gasteiger partial charge in [-0.05, 0) is 34.6 Å². The molecule has 11 heteroatoms. The van der Waals surface area contributed by atoms with Gasteiger partial charge in [0.25, 0.3) is 0 Å². The van der Waals surface area contributed by atoms with E-state index in [1.54, 1.807) is 23.6 Å². The van der Waals surface area contributed by atoms with Gasteiger partial charge in [-0.1, -0.05) is 0 Å². The predicted octanol–water partition coefficient (Wildman–Crippen LogP) is 3.78. The molecule has 0 aromatic rings. The summed E-state index contributed by atoms with van der Waals surface area (Å²) in [7, 11) is 0. The number of likely N-dealkylation sites (tertiary alicyclic amines) is 2. The quantitative estimate of drug-likeness (QED) is 0.413. The van der Waals surface area contributed by atoms with Crippen LogP contribution in [0.1, 0.15) is 60.3 Å². The Hall–Kier alpha value is -2.36. The topological polar surface area (TPSA) is 120 Å². The predicted molar refractivity (Wildman–Crippen MR) is 123 cm³/mol. The van der Waals surface area contributed by atoms with E-state index in [4.69, 9.17) is 21.1 Å². The lowest BCUT2D eigenvalue weighted by molar-refractivity contribution is -0.144. The van der Waals surface area contributed by atoms with Crippen LogP contribution in [0.25, 0.3) is 0 Å². The molecule has 4 aliphatic rings. The number of rotatable bonds is 2. The Bertz CT molecular complexity index is 790. The molecular weight excluding hydrogens is 468 g/mol. The van der Waals surface area contributed by atoms with Crippen molar-refractivity contribution in [3.05, 3.63) is 0 Å². The SMILES string of the molecule is CC(C)(C)OC(=O)N1CC2(CC(=O)C2)C1.CCOC(=O)Cl.CCOC(=O)N1CC2(CC(=O)C2)C1. The maximum Gasteiger partial charge on any atom is 0.410 e. The minimum atomic E-state index is -0.738. The smallest absolute Gasteiger partial charge is 0.410 e. The lowest BCUT2D eigenvalue weighted by Crippen LogP contribution is -2.64. The first-order valence-corrected chi connectivity index (χ1v) is 11.9. The molecule has 2 aliphatic carbocycles. The van der Waals surface area contributed by atoms with Crippen LogP contribution >= 0.6 is 11.6 Å². The number of amides is 2. The summed E-state index contributed by atoms with van der Waals surface area (Å²) in [6.45, 7) is 12.6. The van der Waals surface area contributed by atoms with Crippen molar-refractivity contribution in [3.8, 4) is 0 Å². The summed E-state index contributed by atoms with van der Waals surface area (Å²) >= 11 is 4.72. The first-order chi connectivity index (χ1) is 15.7. The highest BCUT2D eigenvalue weighted by molar-refractivity contribution is 6.61. The lowest BCUT2D eigenvalue weighted by atomic mass is 9.63. The van der Waals surface area contributed by atoms with Crippen molar-refractivity contribution in [1.29, 1.82) is 0 Å². The molecule has 10 nitrogen and oxygen atoms in total. The molecule has 192 valence electrons. The number of carbonyl (C=O) groups is 5. The van der Waals surface area contributed by atoms with Gasteiger partial charge >= 0.3 is 17.6 Å². The third-order valence-electron chi connectivity index (χ3n) is 5.83. The van der Waals surface area contributed by atoms with Crippen LogP contribution in [0.2, 0.25) is 0 Å². The molecule has 34 heavy (non-hydrogen) atoms. The minimum absolute atomic E-state index is 0.119. The second kappa shape index (κ2) is 10.9.